The molecule has 1 atom stereocenters. The Labute approximate surface area is 197 Å². The van der Waals surface area contributed by atoms with Gasteiger partial charge >= 0.3 is 11.9 Å². The molecule has 9 nitrogen and oxygen atoms in total. The third-order valence-electron chi connectivity index (χ3n) is 5.39. The molecule has 0 saturated carbocycles. The second-order valence-corrected chi connectivity index (χ2v) is 7.52. The summed E-state index contributed by atoms with van der Waals surface area (Å²) in [6.45, 7) is 3.15. The van der Waals surface area contributed by atoms with Gasteiger partial charge in [-0.05, 0) is 36.2 Å². The van der Waals surface area contributed by atoms with Crippen molar-refractivity contribution in [1.29, 1.82) is 5.26 Å². The predicted molar refractivity (Wildman–Crippen MR) is 125 cm³/mol. The van der Waals surface area contributed by atoms with Crippen LogP contribution in [0.4, 0.5) is 11.4 Å². The van der Waals surface area contributed by atoms with E-state index in [1.165, 1.54) is 26.0 Å². The van der Waals surface area contributed by atoms with Gasteiger partial charge in [0.05, 0.1) is 37.4 Å². The van der Waals surface area contributed by atoms with Crippen LogP contribution in [0.25, 0.3) is 0 Å². The van der Waals surface area contributed by atoms with Crippen LogP contribution in [-0.2, 0) is 23.9 Å². The number of rotatable bonds is 5. The minimum Gasteiger partial charge on any atom is -0.466 e. The first-order valence-electron chi connectivity index (χ1n) is 10.3. The molecule has 0 radical (unpaired) electrons. The topological polar surface area (TPSA) is 135 Å². The second kappa shape index (κ2) is 9.92. The minimum atomic E-state index is -0.941. The van der Waals surface area contributed by atoms with Gasteiger partial charge in [-0.3, -0.25) is 9.69 Å². The first kappa shape index (κ1) is 24.1. The zero-order chi connectivity index (χ0) is 25.0. The number of carbonyl (C=O) groups is 3. The molecule has 2 aromatic rings. The molecule has 0 aromatic heterocycles. The second-order valence-electron chi connectivity index (χ2n) is 7.52. The summed E-state index contributed by atoms with van der Waals surface area (Å²) in [5.41, 5.74) is 8.52. The number of methoxy groups -OCH3 is 2. The van der Waals surface area contributed by atoms with Crippen molar-refractivity contribution >= 4 is 29.2 Å². The fourth-order valence-electron chi connectivity index (χ4n) is 3.90. The molecular formula is C25H24N4O5. The van der Waals surface area contributed by atoms with E-state index >= 15 is 0 Å². The summed E-state index contributed by atoms with van der Waals surface area (Å²) in [6, 6.07) is 15.8. The minimum absolute atomic E-state index is 0.0314. The smallest absolute Gasteiger partial charge is 0.355 e. The quantitative estimate of drug-likeness (QED) is 0.651. The Morgan fingerprint density at radius 2 is 1.71 bits per heavy atom. The van der Waals surface area contributed by atoms with Crippen LogP contribution in [0, 0.1) is 18.3 Å². The highest BCUT2D eigenvalue weighted by molar-refractivity contribution is 6.06. The number of nitrogens with two attached hydrogens (primary N) is 1. The maximum absolute atomic E-state index is 13.0. The average molecular weight is 460 g/mol. The number of anilines is 2. The van der Waals surface area contributed by atoms with Crippen molar-refractivity contribution in [2.45, 2.75) is 19.8 Å². The van der Waals surface area contributed by atoms with E-state index in [1.807, 2.05) is 0 Å². The number of nitriles is 1. The SMILES string of the molecule is COC(=O)C1=C(C(=O)OC)N(c2ccc(NC(C)=O)c(C)c2)C(N)=C(C#N)C1c1ccccc1. The molecule has 1 aliphatic heterocycles. The van der Waals surface area contributed by atoms with Gasteiger partial charge in [0.25, 0.3) is 0 Å². The average Bonchev–Trinajstić information content (AvgIpc) is 2.83. The van der Waals surface area contributed by atoms with Crippen molar-refractivity contribution < 1.29 is 23.9 Å². The lowest BCUT2D eigenvalue weighted by atomic mass is 9.81. The summed E-state index contributed by atoms with van der Waals surface area (Å²) in [5.74, 6) is -2.84. The number of amides is 1. The van der Waals surface area contributed by atoms with Crippen molar-refractivity contribution in [3.8, 4) is 6.07 Å². The highest BCUT2D eigenvalue weighted by Gasteiger charge is 2.43. The molecular weight excluding hydrogens is 436 g/mol. The lowest BCUT2D eigenvalue weighted by Gasteiger charge is -2.36. The third-order valence-corrected chi connectivity index (χ3v) is 5.39. The van der Waals surface area contributed by atoms with Crippen LogP contribution >= 0.6 is 0 Å². The molecule has 0 saturated heterocycles. The number of nitrogens with zero attached hydrogens (tertiary/aromatic N) is 2. The van der Waals surface area contributed by atoms with E-state index in [-0.39, 0.29) is 28.6 Å². The number of nitrogens with one attached hydrogen (secondary N) is 1. The Balaban J connectivity index is 2.35. The van der Waals surface area contributed by atoms with Crippen LogP contribution in [0.2, 0.25) is 0 Å². The third kappa shape index (κ3) is 4.34. The van der Waals surface area contributed by atoms with E-state index in [0.29, 0.717) is 22.5 Å². The van der Waals surface area contributed by atoms with E-state index in [1.54, 1.807) is 55.5 Å². The molecule has 0 spiro atoms. The first-order chi connectivity index (χ1) is 16.2. The van der Waals surface area contributed by atoms with Gasteiger partial charge in [-0.2, -0.15) is 5.26 Å². The number of aryl methyl sites for hydroxylation is 1. The normalized spacial score (nSPS) is 15.5. The van der Waals surface area contributed by atoms with Crippen LogP contribution in [0.5, 0.6) is 0 Å². The van der Waals surface area contributed by atoms with Crippen LogP contribution in [-0.4, -0.2) is 32.1 Å². The van der Waals surface area contributed by atoms with Crippen molar-refractivity contribution in [1.82, 2.24) is 0 Å². The Kier molecular flexibility index (Phi) is 7.02. The van der Waals surface area contributed by atoms with Crippen LogP contribution in [0.15, 0.2) is 71.2 Å². The fourth-order valence-corrected chi connectivity index (χ4v) is 3.90. The van der Waals surface area contributed by atoms with Gasteiger partial charge in [-0.1, -0.05) is 30.3 Å². The molecule has 0 bridgehead atoms. The van der Waals surface area contributed by atoms with Gasteiger partial charge in [0, 0.05) is 18.3 Å². The molecule has 1 aliphatic rings. The van der Waals surface area contributed by atoms with Gasteiger partial charge in [0.1, 0.15) is 11.5 Å². The molecule has 174 valence electrons. The summed E-state index contributed by atoms with van der Waals surface area (Å²) in [6.07, 6.45) is 0. The van der Waals surface area contributed by atoms with E-state index in [0.717, 1.165) is 0 Å². The lowest BCUT2D eigenvalue weighted by Crippen LogP contribution is -2.40. The number of ether oxygens (including phenoxy) is 2. The van der Waals surface area contributed by atoms with Gasteiger partial charge in [-0.15, -0.1) is 0 Å². The van der Waals surface area contributed by atoms with Crippen LogP contribution < -0.4 is 16.0 Å². The summed E-state index contributed by atoms with van der Waals surface area (Å²) in [7, 11) is 2.38. The molecule has 1 amide bonds. The molecule has 3 N–H and O–H groups in total. The fraction of sp³-hybridized carbons (Fsp3) is 0.200. The summed E-state index contributed by atoms with van der Waals surface area (Å²) in [4.78, 5) is 38.9. The van der Waals surface area contributed by atoms with Crippen molar-refractivity contribution in [2.24, 2.45) is 5.73 Å². The molecule has 1 unspecified atom stereocenters. The van der Waals surface area contributed by atoms with Gasteiger partial charge in [0.2, 0.25) is 5.91 Å². The number of esters is 2. The predicted octanol–water partition coefficient (Wildman–Crippen LogP) is 2.85. The molecule has 1 heterocycles. The monoisotopic (exact) mass is 460 g/mol. The highest BCUT2D eigenvalue weighted by atomic mass is 16.5. The van der Waals surface area contributed by atoms with Crippen LogP contribution in [0.3, 0.4) is 0 Å². The molecule has 34 heavy (non-hydrogen) atoms. The Bertz CT molecular complexity index is 1260. The zero-order valence-electron chi connectivity index (χ0n) is 19.2. The standard InChI is InChI=1S/C25H24N4O5/c1-14-12-17(10-11-19(14)28-15(2)30)29-22(25(32)34-4)21(24(31)33-3)20(18(13-26)23(29)27)16-8-6-5-7-9-16/h5-12,20H,27H2,1-4H3,(H,28,30). The van der Waals surface area contributed by atoms with E-state index in [2.05, 4.69) is 11.4 Å². The highest BCUT2D eigenvalue weighted by Crippen LogP contribution is 2.43. The van der Waals surface area contributed by atoms with Gasteiger partial charge in [-0.25, -0.2) is 9.59 Å². The van der Waals surface area contributed by atoms with Gasteiger partial charge in [0.15, 0.2) is 0 Å². The molecule has 0 aliphatic carbocycles. The van der Waals surface area contributed by atoms with Crippen molar-refractivity contribution in [3.05, 3.63) is 82.3 Å². The van der Waals surface area contributed by atoms with E-state index < -0.39 is 17.9 Å². The number of allylic oxidation sites excluding steroid dienone is 1. The maximum atomic E-state index is 13.0. The molecule has 0 fully saturated rings. The number of benzene rings is 2. The van der Waals surface area contributed by atoms with E-state index in [4.69, 9.17) is 15.2 Å². The first-order valence-corrected chi connectivity index (χ1v) is 10.3. The Morgan fingerprint density at radius 3 is 2.24 bits per heavy atom. The number of hydrogen-bond donors (Lipinski definition) is 2. The maximum Gasteiger partial charge on any atom is 0.355 e. The van der Waals surface area contributed by atoms with Crippen molar-refractivity contribution in [2.75, 3.05) is 24.4 Å². The summed E-state index contributed by atoms with van der Waals surface area (Å²) < 4.78 is 10.0. The largest absolute Gasteiger partial charge is 0.466 e. The summed E-state index contributed by atoms with van der Waals surface area (Å²) >= 11 is 0. The summed E-state index contributed by atoms with van der Waals surface area (Å²) in [5, 5.41) is 12.8. The molecule has 9 heteroatoms. The van der Waals surface area contributed by atoms with Crippen molar-refractivity contribution in [3.63, 3.8) is 0 Å². The Hall–Kier alpha value is -4.58. The molecule has 2 aromatic carbocycles. The number of carbonyl (C=O) groups excluding carboxylic acids is 3. The number of hydrogen-bond acceptors (Lipinski definition) is 8. The van der Waals surface area contributed by atoms with Crippen LogP contribution in [0.1, 0.15) is 24.0 Å². The zero-order valence-corrected chi connectivity index (χ0v) is 19.2. The van der Waals surface area contributed by atoms with Gasteiger partial charge < -0.3 is 20.5 Å². The lowest BCUT2D eigenvalue weighted by molar-refractivity contribution is -0.139. The Morgan fingerprint density at radius 1 is 1.06 bits per heavy atom. The molecule has 3 rings (SSSR count). The van der Waals surface area contributed by atoms with E-state index in [9.17, 15) is 19.6 Å².